The third-order valence-electron chi connectivity index (χ3n) is 3.03. The molecule has 0 amide bonds. The van der Waals surface area contributed by atoms with Crippen LogP contribution < -0.4 is 0 Å². The summed E-state index contributed by atoms with van der Waals surface area (Å²) in [6.45, 7) is 1.30. The van der Waals surface area contributed by atoms with Crippen LogP contribution in [0.2, 0.25) is 0 Å². The third kappa shape index (κ3) is 2.52. The molecule has 0 aromatic carbocycles. The van der Waals surface area contributed by atoms with Crippen molar-refractivity contribution in [2.24, 2.45) is 0 Å². The smallest absolute Gasteiger partial charge is 0.320 e. The Morgan fingerprint density at radius 1 is 1.38 bits per heavy atom. The Kier molecular flexibility index (Phi) is 3.42. The SMILES string of the molecule is N#CCC(=O)OC1CCC2(CC1)OCCO2. The number of nitrogens with zero attached hydrogens (tertiary/aromatic N) is 1. The fourth-order valence-electron chi connectivity index (χ4n) is 2.23. The van der Waals surface area contributed by atoms with Crippen molar-refractivity contribution in [1.82, 2.24) is 0 Å². The van der Waals surface area contributed by atoms with Crippen molar-refractivity contribution < 1.29 is 19.0 Å². The van der Waals surface area contributed by atoms with Crippen molar-refractivity contribution in [2.45, 2.75) is 44.0 Å². The number of hydrogen-bond acceptors (Lipinski definition) is 5. The zero-order valence-corrected chi connectivity index (χ0v) is 9.11. The Hall–Kier alpha value is -1.12. The van der Waals surface area contributed by atoms with Crippen LogP contribution in [0, 0.1) is 11.3 Å². The van der Waals surface area contributed by atoms with Crippen molar-refractivity contribution in [1.29, 1.82) is 5.26 Å². The summed E-state index contributed by atoms with van der Waals surface area (Å²) in [5.74, 6) is -0.852. The molecule has 0 atom stereocenters. The molecule has 0 aromatic rings. The van der Waals surface area contributed by atoms with Gasteiger partial charge in [0, 0.05) is 12.8 Å². The van der Waals surface area contributed by atoms with Crippen molar-refractivity contribution >= 4 is 5.97 Å². The fraction of sp³-hybridized carbons (Fsp3) is 0.818. The summed E-state index contributed by atoms with van der Waals surface area (Å²) in [5, 5.41) is 8.34. The minimum Gasteiger partial charge on any atom is -0.462 e. The van der Waals surface area contributed by atoms with Gasteiger partial charge < -0.3 is 14.2 Å². The summed E-state index contributed by atoms with van der Waals surface area (Å²) in [6.07, 6.45) is 2.76. The molecule has 1 saturated heterocycles. The van der Waals surface area contributed by atoms with Gasteiger partial charge in [0.2, 0.25) is 0 Å². The monoisotopic (exact) mass is 225 g/mol. The molecule has 0 aromatic heterocycles. The van der Waals surface area contributed by atoms with Crippen LogP contribution in [0.5, 0.6) is 0 Å². The second-order valence-corrected chi connectivity index (χ2v) is 4.13. The standard InChI is InChI=1S/C11H15NO4/c12-6-3-10(13)16-9-1-4-11(5-2-9)14-7-8-15-11/h9H,1-5,7-8H2. The molecule has 2 rings (SSSR count). The highest BCUT2D eigenvalue weighted by molar-refractivity contribution is 5.71. The molecule has 2 fully saturated rings. The van der Waals surface area contributed by atoms with Crippen LogP contribution >= 0.6 is 0 Å². The Morgan fingerprint density at radius 2 is 2.00 bits per heavy atom. The minimum absolute atomic E-state index is 0.0840. The molecule has 0 radical (unpaired) electrons. The molecular weight excluding hydrogens is 210 g/mol. The molecule has 0 bridgehead atoms. The largest absolute Gasteiger partial charge is 0.462 e. The molecule has 1 heterocycles. The molecule has 2 aliphatic rings. The molecule has 88 valence electrons. The second-order valence-electron chi connectivity index (χ2n) is 4.13. The molecule has 1 aliphatic heterocycles. The van der Waals surface area contributed by atoms with Crippen molar-refractivity contribution in [3.8, 4) is 6.07 Å². The topological polar surface area (TPSA) is 68.6 Å². The first kappa shape index (κ1) is 11.4. The van der Waals surface area contributed by atoms with Crippen LogP contribution in [-0.2, 0) is 19.0 Å². The molecule has 0 unspecified atom stereocenters. The molecule has 1 spiro atoms. The van der Waals surface area contributed by atoms with Gasteiger partial charge in [0.05, 0.1) is 19.3 Å². The van der Waals surface area contributed by atoms with Crippen LogP contribution in [-0.4, -0.2) is 31.1 Å². The summed E-state index contributed by atoms with van der Waals surface area (Å²) in [6, 6.07) is 1.78. The van der Waals surface area contributed by atoms with Gasteiger partial charge >= 0.3 is 5.97 Å². The molecule has 5 heteroatoms. The van der Waals surface area contributed by atoms with E-state index >= 15 is 0 Å². The highest BCUT2D eigenvalue weighted by atomic mass is 16.7. The van der Waals surface area contributed by atoms with Gasteiger partial charge in [0.25, 0.3) is 0 Å². The van der Waals surface area contributed by atoms with Crippen molar-refractivity contribution in [3.63, 3.8) is 0 Å². The first-order valence-corrected chi connectivity index (χ1v) is 5.58. The second kappa shape index (κ2) is 4.81. The van der Waals surface area contributed by atoms with E-state index in [1.54, 1.807) is 6.07 Å². The van der Waals surface area contributed by atoms with Crippen LogP contribution in [0.3, 0.4) is 0 Å². The third-order valence-corrected chi connectivity index (χ3v) is 3.03. The van der Waals surface area contributed by atoms with Crippen LogP contribution in [0.4, 0.5) is 0 Å². The fourth-order valence-corrected chi connectivity index (χ4v) is 2.23. The molecule has 16 heavy (non-hydrogen) atoms. The van der Waals surface area contributed by atoms with E-state index in [4.69, 9.17) is 19.5 Å². The zero-order chi connectivity index (χ0) is 11.4. The van der Waals surface area contributed by atoms with E-state index in [0.29, 0.717) is 13.2 Å². The predicted molar refractivity (Wildman–Crippen MR) is 53.2 cm³/mol. The van der Waals surface area contributed by atoms with Gasteiger partial charge in [-0.25, -0.2) is 0 Å². The Labute approximate surface area is 94.3 Å². The highest BCUT2D eigenvalue weighted by Gasteiger charge is 2.41. The maximum atomic E-state index is 11.1. The maximum Gasteiger partial charge on any atom is 0.320 e. The summed E-state index contributed by atoms with van der Waals surface area (Å²) < 4.78 is 16.3. The van der Waals surface area contributed by atoms with Gasteiger partial charge in [-0.15, -0.1) is 0 Å². The number of rotatable bonds is 2. The number of hydrogen-bond donors (Lipinski definition) is 0. The zero-order valence-electron chi connectivity index (χ0n) is 9.11. The van der Waals surface area contributed by atoms with Crippen molar-refractivity contribution in [3.05, 3.63) is 0 Å². The summed E-state index contributed by atoms with van der Waals surface area (Å²) >= 11 is 0. The summed E-state index contributed by atoms with van der Waals surface area (Å²) in [5.41, 5.74) is 0. The quantitative estimate of drug-likeness (QED) is 0.659. The lowest BCUT2D eigenvalue weighted by molar-refractivity contribution is -0.194. The number of carbonyl (C=O) groups excluding carboxylic acids is 1. The van der Waals surface area contributed by atoms with E-state index < -0.39 is 11.8 Å². The minimum atomic E-state index is -0.434. The van der Waals surface area contributed by atoms with Crippen LogP contribution in [0.15, 0.2) is 0 Å². The van der Waals surface area contributed by atoms with Gasteiger partial charge in [0.15, 0.2) is 5.79 Å². The van der Waals surface area contributed by atoms with Crippen molar-refractivity contribution in [2.75, 3.05) is 13.2 Å². The van der Waals surface area contributed by atoms with Gasteiger partial charge in [-0.3, -0.25) is 4.79 Å². The van der Waals surface area contributed by atoms with E-state index in [2.05, 4.69) is 0 Å². The average molecular weight is 225 g/mol. The number of esters is 1. The normalized spacial score (nSPS) is 24.2. The lowest BCUT2D eigenvalue weighted by Crippen LogP contribution is -2.38. The molecule has 1 aliphatic carbocycles. The summed E-state index contributed by atoms with van der Waals surface area (Å²) in [7, 11) is 0. The lowest BCUT2D eigenvalue weighted by atomic mass is 9.92. The first-order valence-electron chi connectivity index (χ1n) is 5.58. The van der Waals surface area contributed by atoms with Gasteiger partial charge in [-0.2, -0.15) is 5.26 Å². The molecule has 5 nitrogen and oxygen atoms in total. The molecular formula is C11H15NO4. The number of ether oxygens (including phenoxy) is 3. The van der Waals surface area contributed by atoms with E-state index in [9.17, 15) is 4.79 Å². The lowest BCUT2D eigenvalue weighted by Gasteiger charge is -2.34. The average Bonchev–Trinajstić information content (AvgIpc) is 2.71. The Bertz CT molecular complexity index is 294. The highest BCUT2D eigenvalue weighted by Crippen LogP contribution is 2.36. The molecule has 1 saturated carbocycles. The van der Waals surface area contributed by atoms with E-state index in [0.717, 1.165) is 25.7 Å². The van der Waals surface area contributed by atoms with Crippen LogP contribution in [0.25, 0.3) is 0 Å². The Balaban J connectivity index is 1.77. The number of carbonyl (C=O) groups is 1. The van der Waals surface area contributed by atoms with Crippen LogP contribution in [0.1, 0.15) is 32.1 Å². The number of nitriles is 1. The first-order chi connectivity index (χ1) is 7.74. The maximum absolute atomic E-state index is 11.1. The Morgan fingerprint density at radius 3 is 2.56 bits per heavy atom. The van der Waals surface area contributed by atoms with Gasteiger partial charge in [-0.05, 0) is 12.8 Å². The van der Waals surface area contributed by atoms with Gasteiger partial charge in [-0.1, -0.05) is 0 Å². The van der Waals surface area contributed by atoms with E-state index in [-0.39, 0.29) is 12.5 Å². The van der Waals surface area contributed by atoms with E-state index in [1.807, 2.05) is 0 Å². The molecule has 0 N–H and O–H groups in total. The summed E-state index contributed by atoms with van der Waals surface area (Å²) in [4.78, 5) is 11.1. The van der Waals surface area contributed by atoms with Gasteiger partial charge in [0.1, 0.15) is 12.5 Å². The van der Waals surface area contributed by atoms with E-state index in [1.165, 1.54) is 0 Å². The predicted octanol–water partition coefficient (Wildman–Crippen LogP) is 1.13.